The van der Waals surface area contributed by atoms with Crippen molar-refractivity contribution < 1.29 is 34.9 Å². The highest BCUT2D eigenvalue weighted by atomic mass is 32.2. The third-order valence-electron chi connectivity index (χ3n) is 2.97. The number of alkyl halides is 3. The van der Waals surface area contributed by atoms with Crippen LogP contribution in [0.2, 0.25) is 0 Å². The van der Waals surface area contributed by atoms with Gasteiger partial charge in [-0.3, -0.25) is 0 Å². The second-order valence-electron chi connectivity index (χ2n) is 4.68. The van der Waals surface area contributed by atoms with Gasteiger partial charge in [-0.1, -0.05) is 18.2 Å². The zero-order valence-corrected chi connectivity index (χ0v) is 12.6. The summed E-state index contributed by atoms with van der Waals surface area (Å²) < 4.78 is 108. The normalized spacial score (nSPS) is 14.3. The van der Waals surface area contributed by atoms with Gasteiger partial charge in [0, 0.05) is 11.2 Å². The Morgan fingerprint density at radius 1 is 0.875 bits per heavy atom. The first-order chi connectivity index (χ1) is 11.0. The molecule has 0 heterocycles. The van der Waals surface area contributed by atoms with Crippen molar-refractivity contribution in [2.24, 2.45) is 4.36 Å². The molecule has 2 aromatic rings. The lowest BCUT2D eigenvalue weighted by atomic mass is 10.1. The molecule has 0 spiro atoms. The van der Waals surface area contributed by atoms with Gasteiger partial charge in [0.2, 0.25) is 0 Å². The van der Waals surface area contributed by atoms with Crippen LogP contribution in [0.4, 0.5) is 36.4 Å². The minimum atomic E-state index is -5.65. The Bertz CT molecular complexity index is 871. The largest absolute Gasteiger partial charge is 0.422 e. The average molecular weight is 371 g/mol. The molecular formula is C14H8F7NOS. The lowest BCUT2D eigenvalue weighted by Crippen LogP contribution is -2.15. The molecule has 0 saturated heterocycles. The molecule has 0 aliphatic heterocycles. The fourth-order valence-corrected chi connectivity index (χ4v) is 3.13. The number of hydrogen-bond acceptors (Lipinski definition) is 2. The summed E-state index contributed by atoms with van der Waals surface area (Å²) in [5.41, 5.74) is -4.41. The van der Waals surface area contributed by atoms with Crippen LogP contribution in [0.25, 0.3) is 0 Å². The molecular weight excluding hydrogens is 363 g/mol. The van der Waals surface area contributed by atoms with Crippen molar-refractivity contribution in [1.82, 2.24) is 0 Å². The van der Waals surface area contributed by atoms with Crippen LogP contribution in [0.5, 0.6) is 0 Å². The van der Waals surface area contributed by atoms with Crippen LogP contribution in [-0.4, -0.2) is 10.5 Å². The van der Waals surface area contributed by atoms with E-state index in [0.29, 0.717) is 0 Å². The number of hydrogen-bond donors (Lipinski definition) is 0. The van der Waals surface area contributed by atoms with Gasteiger partial charge < -0.3 is 0 Å². The van der Waals surface area contributed by atoms with Gasteiger partial charge in [0.05, 0.1) is 9.73 Å². The van der Waals surface area contributed by atoms with Crippen LogP contribution >= 0.6 is 0 Å². The van der Waals surface area contributed by atoms with E-state index in [1.54, 1.807) is 0 Å². The van der Waals surface area contributed by atoms with Gasteiger partial charge in [0.25, 0.3) is 0 Å². The Morgan fingerprint density at radius 2 is 1.33 bits per heavy atom. The molecule has 0 aromatic heterocycles. The third kappa shape index (κ3) is 3.23. The first kappa shape index (κ1) is 18.2. The first-order valence-electron chi connectivity index (χ1n) is 6.17. The Balaban J connectivity index is 2.79. The standard InChI is InChI=1S/C14H8F7NOS/c1-24(23,7-5-3-2-4-6-7)22-13-11(17)9(15)8(14(19,20)21)10(16)12(13)18/h2-6H,1H3. The molecule has 2 aromatic carbocycles. The maximum absolute atomic E-state index is 13.8. The lowest BCUT2D eigenvalue weighted by molar-refractivity contribution is -0.143. The topological polar surface area (TPSA) is 29.4 Å². The maximum Gasteiger partial charge on any atom is 0.422 e. The van der Waals surface area contributed by atoms with Gasteiger partial charge in [-0.05, 0) is 12.1 Å². The van der Waals surface area contributed by atoms with E-state index >= 15 is 0 Å². The predicted molar refractivity (Wildman–Crippen MR) is 72.1 cm³/mol. The van der Waals surface area contributed by atoms with E-state index in [1.807, 2.05) is 0 Å². The first-order valence-corrected chi connectivity index (χ1v) is 8.09. The summed E-state index contributed by atoms with van der Waals surface area (Å²) in [5, 5.41) is 0. The summed E-state index contributed by atoms with van der Waals surface area (Å²) in [7, 11) is -3.56. The number of benzene rings is 2. The molecule has 0 aliphatic rings. The van der Waals surface area contributed by atoms with Crippen molar-refractivity contribution in [2.45, 2.75) is 11.1 Å². The van der Waals surface area contributed by atoms with E-state index in [1.165, 1.54) is 30.3 Å². The minimum absolute atomic E-state index is 0.0236. The van der Waals surface area contributed by atoms with Crippen molar-refractivity contribution in [3.05, 3.63) is 59.2 Å². The molecule has 2 rings (SSSR count). The average Bonchev–Trinajstić information content (AvgIpc) is 2.49. The molecule has 0 amide bonds. The monoisotopic (exact) mass is 371 g/mol. The van der Waals surface area contributed by atoms with E-state index < -0.39 is 50.4 Å². The molecule has 24 heavy (non-hydrogen) atoms. The van der Waals surface area contributed by atoms with E-state index in [2.05, 4.69) is 4.36 Å². The third-order valence-corrected chi connectivity index (χ3v) is 4.65. The molecule has 0 N–H and O–H groups in total. The quantitative estimate of drug-likeness (QED) is 0.537. The van der Waals surface area contributed by atoms with E-state index in [-0.39, 0.29) is 4.90 Å². The van der Waals surface area contributed by atoms with Crippen molar-refractivity contribution in [2.75, 3.05) is 6.26 Å². The SMILES string of the molecule is CS(=O)(=Nc1c(F)c(F)c(C(F)(F)F)c(F)c1F)c1ccccc1. The van der Waals surface area contributed by atoms with Crippen molar-refractivity contribution >= 4 is 15.4 Å². The van der Waals surface area contributed by atoms with Gasteiger partial charge in [0.1, 0.15) is 5.56 Å². The lowest BCUT2D eigenvalue weighted by Gasteiger charge is -2.13. The smallest absolute Gasteiger partial charge is 0.245 e. The summed E-state index contributed by atoms with van der Waals surface area (Å²) in [4.78, 5) is -0.0236. The van der Waals surface area contributed by atoms with Crippen molar-refractivity contribution in [3.8, 4) is 0 Å². The van der Waals surface area contributed by atoms with Crippen molar-refractivity contribution in [1.29, 1.82) is 0 Å². The highest BCUT2D eigenvalue weighted by Crippen LogP contribution is 2.39. The Morgan fingerprint density at radius 3 is 1.75 bits per heavy atom. The zero-order chi connectivity index (χ0) is 18.3. The van der Waals surface area contributed by atoms with E-state index in [4.69, 9.17) is 0 Å². The Hall–Kier alpha value is -2.10. The highest BCUT2D eigenvalue weighted by molar-refractivity contribution is 7.93. The molecule has 0 bridgehead atoms. The fraction of sp³-hybridized carbons (Fsp3) is 0.143. The summed E-state index contributed by atoms with van der Waals surface area (Å²) >= 11 is 0. The predicted octanol–water partition coefficient (Wildman–Crippen LogP) is 5.05. The van der Waals surface area contributed by atoms with Crippen LogP contribution < -0.4 is 0 Å². The summed E-state index contributed by atoms with van der Waals surface area (Å²) in [6.45, 7) is 0. The van der Waals surface area contributed by atoms with E-state index in [0.717, 1.165) is 6.26 Å². The maximum atomic E-state index is 13.8. The van der Waals surface area contributed by atoms with Gasteiger partial charge >= 0.3 is 6.18 Å². The zero-order valence-electron chi connectivity index (χ0n) is 11.8. The summed E-state index contributed by atoms with van der Waals surface area (Å²) in [6, 6.07) is 6.94. The summed E-state index contributed by atoms with van der Waals surface area (Å²) in [5.74, 6) is -10.0. The van der Waals surface area contributed by atoms with Gasteiger partial charge in [-0.2, -0.15) is 17.5 Å². The van der Waals surface area contributed by atoms with Gasteiger partial charge in [-0.15, -0.1) is 0 Å². The van der Waals surface area contributed by atoms with Crippen LogP contribution in [0.3, 0.4) is 0 Å². The molecule has 0 fully saturated rings. The highest BCUT2D eigenvalue weighted by Gasteiger charge is 2.42. The van der Waals surface area contributed by atoms with E-state index in [9.17, 15) is 34.9 Å². The molecule has 0 saturated carbocycles. The molecule has 0 radical (unpaired) electrons. The number of rotatable bonds is 2. The minimum Gasteiger partial charge on any atom is -0.245 e. The molecule has 130 valence electrons. The van der Waals surface area contributed by atoms with Crippen LogP contribution in [0.1, 0.15) is 5.56 Å². The molecule has 1 unspecified atom stereocenters. The molecule has 10 heteroatoms. The van der Waals surface area contributed by atoms with Crippen molar-refractivity contribution in [3.63, 3.8) is 0 Å². The number of nitrogens with zero attached hydrogens (tertiary/aromatic N) is 1. The second-order valence-corrected chi connectivity index (χ2v) is 6.94. The van der Waals surface area contributed by atoms with Crippen LogP contribution in [-0.2, 0) is 15.9 Å². The van der Waals surface area contributed by atoms with Crippen LogP contribution in [0.15, 0.2) is 39.6 Å². The fourth-order valence-electron chi connectivity index (χ4n) is 1.85. The summed E-state index contributed by atoms with van der Waals surface area (Å²) in [6.07, 6.45) is -4.73. The van der Waals surface area contributed by atoms with Crippen LogP contribution in [0, 0.1) is 23.3 Å². The number of halogens is 7. The molecule has 1 atom stereocenters. The molecule has 2 nitrogen and oxygen atoms in total. The Labute approximate surface area is 132 Å². The second kappa shape index (κ2) is 6.08. The molecule has 0 aliphatic carbocycles. The van der Waals surface area contributed by atoms with Gasteiger partial charge in [-0.25, -0.2) is 21.8 Å². The Kier molecular flexibility index (Phi) is 4.62. The van der Waals surface area contributed by atoms with Gasteiger partial charge in [0.15, 0.2) is 29.0 Å².